The highest BCUT2D eigenvalue weighted by atomic mass is 16.2. The first-order chi connectivity index (χ1) is 10.1. The van der Waals surface area contributed by atoms with Crippen LogP contribution in [0.3, 0.4) is 0 Å². The van der Waals surface area contributed by atoms with Crippen LogP contribution in [0.1, 0.15) is 42.4 Å². The van der Waals surface area contributed by atoms with E-state index in [9.17, 15) is 9.59 Å². The summed E-state index contributed by atoms with van der Waals surface area (Å²) in [4.78, 5) is 26.0. The third kappa shape index (κ3) is 2.07. The lowest BCUT2D eigenvalue weighted by Gasteiger charge is -2.31. The number of carbonyl (C=O) groups is 2. The number of hydrogen-bond acceptors (Lipinski definition) is 3. The average Bonchev–Trinajstić information content (AvgIpc) is 3.03. The molecular formula is C16H17N3O2. The van der Waals surface area contributed by atoms with E-state index in [0.29, 0.717) is 12.1 Å². The van der Waals surface area contributed by atoms with Crippen molar-refractivity contribution in [2.24, 2.45) is 0 Å². The van der Waals surface area contributed by atoms with Crippen LogP contribution in [-0.2, 0) is 11.3 Å². The molecule has 1 saturated heterocycles. The van der Waals surface area contributed by atoms with Gasteiger partial charge in [-0.3, -0.25) is 10.1 Å². The van der Waals surface area contributed by atoms with Gasteiger partial charge in [-0.25, -0.2) is 4.79 Å². The van der Waals surface area contributed by atoms with Gasteiger partial charge >= 0.3 is 6.03 Å². The van der Waals surface area contributed by atoms with Gasteiger partial charge in [-0.15, -0.1) is 0 Å². The smallest absolute Gasteiger partial charge is 0.305 e. The maximum Gasteiger partial charge on any atom is 0.325 e. The fourth-order valence-electron chi connectivity index (χ4n) is 3.39. The highest BCUT2D eigenvalue weighted by Gasteiger charge is 2.53. The number of rotatable bonds is 2. The minimum Gasteiger partial charge on any atom is -0.305 e. The molecule has 21 heavy (non-hydrogen) atoms. The highest BCUT2D eigenvalue weighted by Crippen LogP contribution is 2.39. The Balaban J connectivity index is 1.91. The van der Waals surface area contributed by atoms with Gasteiger partial charge in [0.2, 0.25) is 0 Å². The van der Waals surface area contributed by atoms with Crippen molar-refractivity contribution in [2.75, 3.05) is 0 Å². The van der Waals surface area contributed by atoms with Gasteiger partial charge in [0, 0.05) is 6.54 Å². The van der Waals surface area contributed by atoms with Gasteiger partial charge in [0.1, 0.15) is 5.54 Å². The average molecular weight is 283 g/mol. The maximum atomic E-state index is 12.2. The monoisotopic (exact) mass is 283 g/mol. The third-order valence-corrected chi connectivity index (χ3v) is 4.64. The van der Waals surface area contributed by atoms with Gasteiger partial charge in [0.05, 0.1) is 11.6 Å². The quantitative estimate of drug-likeness (QED) is 0.846. The topological polar surface area (TPSA) is 73.2 Å². The first-order valence-corrected chi connectivity index (χ1v) is 7.19. The Morgan fingerprint density at radius 2 is 2.05 bits per heavy atom. The largest absolute Gasteiger partial charge is 0.325 e. The van der Waals surface area contributed by atoms with Crippen molar-refractivity contribution in [3.8, 4) is 6.07 Å². The lowest BCUT2D eigenvalue weighted by Crippen LogP contribution is -2.46. The molecule has 1 N–H and O–H groups in total. The Bertz CT molecular complexity index is 654. The molecule has 108 valence electrons. The molecule has 3 rings (SSSR count). The second kappa shape index (κ2) is 4.88. The van der Waals surface area contributed by atoms with Gasteiger partial charge in [0.25, 0.3) is 5.91 Å². The van der Waals surface area contributed by atoms with Crippen molar-refractivity contribution in [3.63, 3.8) is 0 Å². The molecule has 2 fully saturated rings. The van der Waals surface area contributed by atoms with Crippen molar-refractivity contribution in [1.82, 2.24) is 10.2 Å². The number of aryl methyl sites for hydroxylation is 1. The molecule has 0 unspecified atom stereocenters. The standard InChI is InChI=1S/C16H17N3O2/c1-11-8-12(9-17)4-5-13(11)10-19-15(21)18-14(20)16(19)6-2-3-7-16/h4-5,8H,2-3,6-7,10H2,1H3,(H,18,20,21). The Morgan fingerprint density at radius 3 is 2.67 bits per heavy atom. The Morgan fingerprint density at radius 1 is 1.33 bits per heavy atom. The SMILES string of the molecule is Cc1cc(C#N)ccc1CN1C(=O)NC(=O)C12CCCC2. The summed E-state index contributed by atoms with van der Waals surface area (Å²) in [6, 6.07) is 7.23. The van der Waals surface area contributed by atoms with Crippen molar-refractivity contribution in [2.45, 2.75) is 44.7 Å². The van der Waals surface area contributed by atoms with E-state index in [2.05, 4.69) is 11.4 Å². The van der Waals surface area contributed by atoms with Gasteiger partial charge in [-0.2, -0.15) is 5.26 Å². The van der Waals surface area contributed by atoms with Gasteiger partial charge in [0.15, 0.2) is 0 Å². The molecule has 1 aromatic carbocycles. The first-order valence-electron chi connectivity index (χ1n) is 7.19. The molecule has 1 aliphatic carbocycles. The molecule has 0 aromatic heterocycles. The van der Waals surface area contributed by atoms with Crippen LogP contribution in [0.5, 0.6) is 0 Å². The number of amides is 3. The van der Waals surface area contributed by atoms with Crippen LogP contribution >= 0.6 is 0 Å². The fourth-order valence-corrected chi connectivity index (χ4v) is 3.39. The molecule has 0 bridgehead atoms. The van der Waals surface area contributed by atoms with E-state index in [0.717, 1.165) is 36.8 Å². The van der Waals surface area contributed by atoms with Crippen molar-refractivity contribution in [1.29, 1.82) is 5.26 Å². The number of benzene rings is 1. The predicted molar refractivity (Wildman–Crippen MR) is 76.2 cm³/mol. The Hall–Kier alpha value is -2.35. The summed E-state index contributed by atoms with van der Waals surface area (Å²) in [6.07, 6.45) is 3.42. The molecule has 2 aliphatic rings. The van der Waals surface area contributed by atoms with E-state index in [4.69, 9.17) is 5.26 Å². The number of nitrogens with zero attached hydrogens (tertiary/aromatic N) is 2. The predicted octanol–water partition coefficient (Wildman–Crippen LogP) is 2.23. The van der Waals surface area contributed by atoms with Gasteiger partial charge in [-0.05, 0) is 43.0 Å². The van der Waals surface area contributed by atoms with Crippen LogP contribution < -0.4 is 5.32 Å². The number of carbonyl (C=O) groups excluding carboxylic acids is 2. The van der Waals surface area contributed by atoms with Crippen LogP contribution in [0.15, 0.2) is 18.2 Å². The molecule has 1 aliphatic heterocycles. The minimum absolute atomic E-state index is 0.156. The van der Waals surface area contributed by atoms with Crippen LogP contribution in [0.25, 0.3) is 0 Å². The molecule has 1 aromatic rings. The molecule has 3 amide bonds. The number of urea groups is 1. The molecule has 0 atom stereocenters. The van der Waals surface area contributed by atoms with Crippen molar-refractivity contribution < 1.29 is 9.59 Å². The normalized spacial score (nSPS) is 19.9. The zero-order valence-electron chi connectivity index (χ0n) is 12.0. The first kappa shape index (κ1) is 13.6. The molecule has 5 nitrogen and oxygen atoms in total. The summed E-state index contributed by atoms with van der Waals surface area (Å²) >= 11 is 0. The second-order valence-electron chi connectivity index (χ2n) is 5.84. The van der Waals surface area contributed by atoms with E-state index < -0.39 is 5.54 Å². The van der Waals surface area contributed by atoms with E-state index in [1.54, 1.807) is 11.0 Å². The van der Waals surface area contributed by atoms with Gasteiger partial charge < -0.3 is 4.90 Å². The van der Waals surface area contributed by atoms with Crippen molar-refractivity contribution >= 4 is 11.9 Å². The Kier molecular flexibility index (Phi) is 3.17. The molecule has 5 heteroatoms. The van der Waals surface area contributed by atoms with Crippen molar-refractivity contribution in [3.05, 3.63) is 34.9 Å². The molecule has 1 spiro atoms. The number of hydrogen-bond donors (Lipinski definition) is 1. The van der Waals surface area contributed by atoms with Crippen LogP contribution in [0.4, 0.5) is 4.79 Å². The van der Waals surface area contributed by atoms with E-state index >= 15 is 0 Å². The Labute approximate surface area is 123 Å². The second-order valence-corrected chi connectivity index (χ2v) is 5.84. The molecule has 1 heterocycles. The molecule has 0 radical (unpaired) electrons. The lowest BCUT2D eigenvalue weighted by molar-refractivity contribution is -0.126. The third-order valence-electron chi connectivity index (χ3n) is 4.64. The summed E-state index contributed by atoms with van der Waals surface area (Å²) in [6.45, 7) is 2.34. The lowest BCUT2D eigenvalue weighted by atomic mass is 9.94. The highest BCUT2D eigenvalue weighted by molar-refractivity contribution is 6.07. The fraction of sp³-hybridized carbons (Fsp3) is 0.438. The summed E-state index contributed by atoms with van der Waals surface area (Å²) < 4.78 is 0. The summed E-state index contributed by atoms with van der Waals surface area (Å²) in [5, 5.41) is 11.4. The summed E-state index contributed by atoms with van der Waals surface area (Å²) in [7, 11) is 0. The minimum atomic E-state index is -0.655. The van der Waals surface area contributed by atoms with E-state index in [1.165, 1.54) is 0 Å². The molecule has 1 saturated carbocycles. The summed E-state index contributed by atoms with van der Waals surface area (Å²) in [5.74, 6) is -0.156. The zero-order chi connectivity index (χ0) is 15.0. The molecular weight excluding hydrogens is 266 g/mol. The van der Waals surface area contributed by atoms with E-state index in [-0.39, 0.29) is 11.9 Å². The zero-order valence-corrected chi connectivity index (χ0v) is 12.0. The van der Waals surface area contributed by atoms with E-state index in [1.807, 2.05) is 19.1 Å². The number of imide groups is 1. The maximum absolute atomic E-state index is 12.2. The van der Waals surface area contributed by atoms with Gasteiger partial charge in [-0.1, -0.05) is 18.9 Å². The van der Waals surface area contributed by atoms with Crippen LogP contribution in [0.2, 0.25) is 0 Å². The summed E-state index contributed by atoms with van der Waals surface area (Å²) in [5.41, 5.74) is 1.89. The number of nitrogens with one attached hydrogen (secondary N) is 1. The van der Waals surface area contributed by atoms with Crippen LogP contribution in [0, 0.1) is 18.3 Å². The van der Waals surface area contributed by atoms with Crippen LogP contribution in [-0.4, -0.2) is 22.4 Å². The number of nitriles is 1.